The molecule has 2 heteroatoms. The number of aliphatic hydroxyl groups excluding tert-OH is 1. The molecular weight excluding hydrogens is 260 g/mol. The van der Waals surface area contributed by atoms with Crippen LogP contribution in [0.15, 0.2) is 29.8 Å². The Hall–Kier alpha value is -1.28. The van der Waals surface area contributed by atoms with E-state index < -0.39 is 0 Å². The van der Waals surface area contributed by atoms with Crippen LogP contribution in [0.5, 0.6) is 5.75 Å². The molecule has 0 heterocycles. The van der Waals surface area contributed by atoms with Crippen LogP contribution in [-0.2, 0) is 6.42 Å². The molecule has 1 aromatic rings. The monoisotopic (exact) mass is 284 g/mol. The molecule has 0 aliphatic heterocycles. The van der Waals surface area contributed by atoms with Gasteiger partial charge >= 0.3 is 0 Å². The normalized spacial score (nSPS) is 37.3. The second-order valence-corrected chi connectivity index (χ2v) is 7.18. The smallest absolute Gasteiger partial charge is 0.119 e. The first kappa shape index (κ1) is 13.4. The number of ether oxygens (including phenoxy) is 1. The van der Waals surface area contributed by atoms with E-state index in [-0.39, 0.29) is 11.5 Å². The molecule has 0 amide bonds. The van der Waals surface area contributed by atoms with Gasteiger partial charge in [0.15, 0.2) is 0 Å². The van der Waals surface area contributed by atoms with Crippen LogP contribution in [0.1, 0.15) is 49.7 Å². The Bertz CT molecular complexity index is 604. The molecule has 2 nitrogen and oxygen atoms in total. The van der Waals surface area contributed by atoms with E-state index in [2.05, 4.69) is 31.2 Å². The largest absolute Gasteiger partial charge is 0.497 e. The van der Waals surface area contributed by atoms with Gasteiger partial charge in [0, 0.05) is 5.41 Å². The molecule has 21 heavy (non-hydrogen) atoms. The Morgan fingerprint density at radius 3 is 2.90 bits per heavy atom. The van der Waals surface area contributed by atoms with Gasteiger partial charge in [-0.2, -0.15) is 0 Å². The predicted octanol–water partition coefficient (Wildman–Crippen LogP) is 3.83. The molecule has 4 rings (SSSR count). The Labute approximate surface area is 126 Å². The number of hydrogen-bond donors (Lipinski definition) is 1. The molecule has 1 saturated carbocycles. The molecule has 0 saturated heterocycles. The molecule has 1 fully saturated rings. The minimum absolute atomic E-state index is 0.0468. The Morgan fingerprint density at radius 1 is 1.24 bits per heavy atom. The van der Waals surface area contributed by atoms with E-state index in [9.17, 15) is 5.11 Å². The van der Waals surface area contributed by atoms with Gasteiger partial charge in [-0.05, 0) is 67.2 Å². The fraction of sp³-hybridized carbons (Fsp3) is 0.579. The van der Waals surface area contributed by atoms with Crippen molar-refractivity contribution in [2.24, 2.45) is 11.3 Å². The van der Waals surface area contributed by atoms with E-state index >= 15 is 0 Å². The van der Waals surface area contributed by atoms with Gasteiger partial charge < -0.3 is 9.84 Å². The van der Waals surface area contributed by atoms with Crippen LogP contribution in [0, 0.1) is 11.3 Å². The summed E-state index contributed by atoms with van der Waals surface area (Å²) in [5.41, 5.74) is 4.59. The summed E-state index contributed by atoms with van der Waals surface area (Å²) < 4.78 is 5.37. The Kier molecular flexibility index (Phi) is 2.94. The third kappa shape index (κ3) is 1.81. The average molecular weight is 284 g/mol. The summed E-state index contributed by atoms with van der Waals surface area (Å²) in [5.74, 6) is 2.26. The lowest BCUT2D eigenvalue weighted by atomic mass is 9.58. The third-order valence-corrected chi connectivity index (χ3v) is 6.29. The summed E-state index contributed by atoms with van der Waals surface area (Å²) in [5, 5.41) is 10.4. The predicted molar refractivity (Wildman–Crippen MR) is 83.6 cm³/mol. The molecule has 1 aromatic carbocycles. The lowest BCUT2D eigenvalue weighted by Crippen LogP contribution is -2.40. The minimum Gasteiger partial charge on any atom is -0.497 e. The van der Waals surface area contributed by atoms with E-state index in [1.54, 1.807) is 12.7 Å². The zero-order valence-corrected chi connectivity index (χ0v) is 12.9. The highest BCUT2D eigenvalue weighted by molar-refractivity contribution is 5.43. The number of methoxy groups -OCH3 is 1. The van der Waals surface area contributed by atoms with Crippen molar-refractivity contribution in [3.63, 3.8) is 0 Å². The van der Waals surface area contributed by atoms with Crippen LogP contribution in [-0.4, -0.2) is 18.3 Å². The van der Waals surface area contributed by atoms with Crippen molar-refractivity contribution in [3.8, 4) is 5.75 Å². The van der Waals surface area contributed by atoms with Gasteiger partial charge in [0.1, 0.15) is 5.75 Å². The van der Waals surface area contributed by atoms with Gasteiger partial charge in [0.05, 0.1) is 13.2 Å². The quantitative estimate of drug-likeness (QED) is 0.794. The molecule has 4 unspecified atom stereocenters. The molecule has 3 aliphatic rings. The zero-order chi connectivity index (χ0) is 14.6. The van der Waals surface area contributed by atoms with Crippen molar-refractivity contribution in [1.29, 1.82) is 0 Å². The molecular formula is C19H24O2. The second kappa shape index (κ2) is 4.61. The molecule has 3 aliphatic carbocycles. The Balaban J connectivity index is 1.72. The van der Waals surface area contributed by atoms with Gasteiger partial charge in [-0.1, -0.05) is 24.6 Å². The van der Waals surface area contributed by atoms with Crippen molar-refractivity contribution in [3.05, 3.63) is 41.0 Å². The first-order chi connectivity index (χ1) is 10.1. The fourth-order valence-corrected chi connectivity index (χ4v) is 5.01. The molecule has 112 valence electrons. The highest BCUT2D eigenvalue weighted by Gasteiger charge is 2.49. The summed E-state index contributed by atoms with van der Waals surface area (Å²) in [7, 11) is 1.74. The standard InChI is InChI=1S/C19H24O2/c1-19-10-9-15-14-6-4-13(21-2)11-12(14)3-5-16(15)17(19)7-8-18(19)20/h4,6-7,11,15-16,18,20H,3,5,8-10H2,1-2H3. The lowest BCUT2D eigenvalue weighted by molar-refractivity contribution is 0.0471. The van der Waals surface area contributed by atoms with Crippen LogP contribution in [0.3, 0.4) is 0 Å². The molecule has 4 atom stereocenters. The topological polar surface area (TPSA) is 29.5 Å². The maximum absolute atomic E-state index is 10.4. The summed E-state index contributed by atoms with van der Waals surface area (Å²) in [6.45, 7) is 2.27. The number of benzene rings is 1. The molecule has 1 N–H and O–H groups in total. The van der Waals surface area contributed by atoms with Crippen molar-refractivity contribution >= 4 is 0 Å². The minimum atomic E-state index is -0.161. The zero-order valence-electron chi connectivity index (χ0n) is 12.9. The maximum Gasteiger partial charge on any atom is 0.119 e. The summed E-state index contributed by atoms with van der Waals surface area (Å²) >= 11 is 0. The first-order valence-electron chi connectivity index (χ1n) is 8.19. The van der Waals surface area contributed by atoms with Gasteiger partial charge in [-0.25, -0.2) is 0 Å². The second-order valence-electron chi connectivity index (χ2n) is 7.18. The van der Waals surface area contributed by atoms with Gasteiger partial charge in [0.2, 0.25) is 0 Å². The third-order valence-electron chi connectivity index (χ3n) is 6.29. The highest BCUT2D eigenvalue weighted by atomic mass is 16.5. The SMILES string of the molecule is COc1ccc2c(c1)CCC1C3=CCC(O)C3(C)CCC21. The number of fused-ring (bicyclic) bond motifs is 5. The maximum atomic E-state index is 10.4. The van der Waals surface area contributed by atoms with E-state index in [0.29, 0.717) is 11.8 Å². The van der Waals surface area contributed by atoms with Gasteiger partial charge in [-0.15, -0.1) is 0 Å². The van der Waals surface area contributed by atoms with Gasteiger partial charge in [0.25, 0.3) is 0 Å². The van der Waals surface area contributed by atoms with Crippen molar-refractivity contribution < 1.29 is 9.84 Å². The van der Waals surface area contributed by atoms with Crippen molar-refractivity contribution in [2.75, 3.05) is 7.11 Å². The highest BCUT2D eigenvalue weighted by Crippen LogP contribution is 2.58. The number of rotatable bonds is 1. The van der Waals surface area contributed by atoms with Crippen LogP contribution >= 0.6 is 0 Å². The number of aliphatic hydroxyl groups is 1. The Morgan fingerprint density at radius 2 is 2.10 bits per heavy atom. The summed E-state index contributed by atoms with van der Waals surface area (Å²) in [6.07, 6.45) is 7.71. The number of aryl methyl sites for hydroxylation is 1. The average Bonchev–Trinajstić information content (AvgIpc) is 2.82. The van der Waals surface area contributed by atoms with Gasteiger partial charge in [-0.3, -0.25) is 0 Å². The van der Waals surface area contributed by atoms with Crippen molar-refractivity contribution in [2.45, 2.75) is 51.0 Å². The van der Waals surface area contributed by atoms with E-state index in [1.807, 2.05) is 0 Å². The van der Waals surface area contributed by atoms with Crippen LogP contribution in [0.25, 0.3) is 0 Å². The summed E-state index contributed by atoms with van der Waals surface area (Å²) in [6, 6.07) is 6.60. The van der Waals surface area contributed by atoms with Crippen LogP contribution < -0.4 is 4.74 Å². The first-order valence-corrected chi connectivity index (χ1v) is 8.19. The molecule has 0 aromatic heterocycles. The molecule has 0 radical (unpaired) electrons. The summed E-state index contributed by atoms with van der Waals surface area (Å²) in [4.78, 5) is 0. The fourth-order valence-electron chi connectivity index (χ4n) is 5.01. The van der Waals surface area contributed by atoms with Crippen LogP contribution in [0.4, 0.5) is 0 Å². The number of hydrogen-bond acceptors (Lipinski definition) is 2. The molecule has 0 spiro atoms. The molecule has 0 bridgehead atoms. The lowest BCUT2D eigenvalue weighted by Gasteiger charge is -2.47. The van der Waals surface area contributed by atoms with E-state index in [0.717, 1.165) is 25.0 Å². The van der Waals surface area contributed by atoms with Crippen LogP contribution in [0.2, 0.25) is 0 Å². The van der Waals surface area contributed by atoms with E-state index in [1.165, 1.54) is 24.0 Å². The van der Waals surface area contributed by atoms with E-state index in [4.69, 9.17) is 4.74 Å². The van der Waals surface area contributed by atoms with Crippen molar-refractivity contribution in [1.82, 2.24) is 0 Å².